The molecule has 1 aromatic heterocycles. The molecule has 0 bridgehead atoms. The third kappa shape index (κ3) is 14.5. The standard InChI is InChI=1S/C47H66N12O9/c48-30-23-39-45(67)58-37(21-28-14-16-31(60)17-15-28)43(65)57-38(22-29-24-53-33-11-5-4-10-32(29)33)44(66)55-34(12-6-19-52-47(49)50)41(63)51-18-7-13-35(46(68)59(39)26-30)56-42(64)36(54-25-40(61)62)20-27-8-2-1-3-9-27/h1-5,8-11,24,28,30-31,34-39,53-54,60H,6-7,12-23,25-26,48H2,(H,51,63)(H,55,66)(H,56,64)(H,57,65)(H,58,67)(H,61,62)(H4,49,50,52)/t28-,30-,31+,34+,35+,36+,37-,38+,39+/m1/s1. The second kappa shape index (κ2) is 24.4. The zero-order valence-electron chi connectivity index (χ0n) is 38.1. The van der Waals surface area contributed by atoms with Crippen LogP contribution in [0, 0.1) is 11.3 Å². The number of guanidine groups is 1. The van der Waals surface area contributed by atoms with Crippen molar-refractivity contribution < 1.29 is 43.8 Å². The topological polar surface area (TPSA) is 339 Å². The van der Waals surface area contributed by atoms with Crippen molar-refractivity contribution >= 4 is 58.3 Å². The summed E-state index contributed by atoms with van der Waals surface area (Å²) in [5.41, 5.74) is 14.2. The SMILES string of the molecule is N=C(N)NCCC[C@@H]1NC(=O)[C@H](Cc2c[nH]c3ccccc23)NC(=O)[C@@H](C[C@H]2CC[C@@H](O)CC2)NC(=O)[C@@H]2C[C@@H](N)CN2C(=O)[C@@H](NC(=O)[C@H](Cc2ccccc2)NCC(=O)O)CCCNC1=O. The number of carboxylic acid groups (broad SMARTS) is 1. The number of rotatable bonds is 15. The van der Waals surface area contributed by atoms with Gasteiger partial charge in [0.25, 0.3) is 0 Å². The van der Waals surface area contributed by atoms with Crippen molar-refractivity contribution in [2.45, 2.75) is 125 Å². The lowest BCUT2D eigenvalue weighted by Gasteiger charge is -2.33. The van der Waals surface area contributed by atoms with Gasteiger partial charge in [0, 0.05) is 49.2 Å². The number of nitrogens with zero attached hydrogens (tertiary/aromatic N) is 1. The second-order valence-corrected chi connectivity index (χ2v) is 18.2. The molecule has 21 nitrogen and oxygen atoms in total. The molecule has 7 atom stereocenters. The summed E-state index contributed by atoms with van der Waals surface area (Å²) in [6, 6.07) is 8.76. The van der Waals surface area contributed by atoms with E-state index >= 15 is 0 Å². The first kappa shape index (κ1) is 50.8. The van der Waals surface area contributed by atoms with Gasteiger partial charge in [0.1, 0.15) is 30.2 Å². The van der Waals surface area contributed by atoms with Crippen LogP contribution in [-0.4, -0.2) is 142 Å². The number of aliphatic hydroxyl groups excluding tert-OH is 1. The molecule has 6 amide bonds. The lowest BCUT2D eigenvalue weighted by atomic mass is 9.83. The molecule has 0 spiro atoms. The van der Waals surface area contributed by atoms with Gasteiger partial charge in [-0.3, -0.25) is 44.3 Å². The zero-order chi connectivity index (χ0) is 48.7. The number of aromatic amines is 1. The molecule has 68 heavy (non-hydrogen) atoms. The Morgan fingerprint density at radius 3 is 2.29 bits per heavy atom. The number of amides is 6. The summed E-state index contributed by atoms with van der Waals surface area (Å²) < 4.78 is 0. The van der Waals surface area contributed by atoms with Crippen LogP contribution in [-0.2, 0) is 46.4 Å². The van der Waals surface area contributed by atoms with Crippen molar-refractivity contribution in [2.24, 2.45) is 17.4 Å². The molecule has 1 saturated carbocycles. The van der Waals surface area contributed by atoms with Gasteiger partial charge in [0.05, 0.1) is 18.7 Å². The average molecular weight is 943 g/mol. The van der Waals surface area contributed by atoms with Crippen molar-refractivity contribution in [3.63, 3.8) is 0 Å². The molecule has 6 rings (SSSR count). The monoisotopic (exact) mass is 943 g/mol. The van der Waals surface area contributed by atoms with Crippen LogP contribution < -0.4 is 48.7 Å². The Balaban J connectivity index is 1.33. The number of aliphatic hydroxyl groups is 1. The molecule has 15 N–H and O–H groups in total. The van der Waals surface area contributed by atoms with E-state index in [1.54, 1.807) is 36.5 Å². The molecule has 3 aliphatic rings. The van der Waals surface area contributed by atoms with Gasteiger partial charge in [-0.1, -0.05) is 48.5 Å². The minimum atomic E-state index is -1.25. The van der Waals surface area contributed by atoms with Crippen LogP contribution in [0.4, 0.5) is 0 Å². The van der Waals surface area contributed by atoms with Crippen molar-refractivity contribution in [1.82, 2.24) is 47.1 Å². The van der Waals surface area contributed by atoms with Crippen LogP contribution in [0.1, 0.15) is 75.3 Å². The predicted octanol–water partition coefficient (Wildman–Crippen LogP) is -1.02. The summed E-state index contributed by atoms with van der Waals surface area (Å²) in [5.74, 6) is -5.35. The largest absolute Gasteiger partial charge is 0.480 e. The van der Waals surface area contributed by atoms with E-state index in [2.05, 4.69) is 42.2 Å². The molecular weight excluding hydrogens is 877 g/mol. The number of carbonyl (C=O) groups excluding carboxylic acids is 6. The van der Waals surface area contributed by atoms with Gasteiger partial charge >= 0.3 is 5.97 Å². The molecule has 1 aliphatic carbocycles. The van der Waals surface area contributed by atoms with Crippen molar-refractivity contribution in [3.8, 4) is 0 Å². The van der Waals surface area contributed by atoms with Crippen LogP contribution in [0.2, 0.25) is 0 Å². The molecule has 3 aromatic rings. The highest BCUT2D eigenvalue weighted by molar-refractivity contribution is 5.97. The van der Waals surface area contributed by atoms with E-state index in [4.69, 9.17) is 16.9 Å². The van der Waals surface area contributed by atoms with Gasteiger partial charge in [0.15, 0.2) is 5.96 Å². The first-order valence-corrected chi connectivity index (χ1v) is 23.5. The Bertz CT molecular complexity index is 2250. The minimum absolute atomic E-state index is 0.0000649. The lowest BCUT2D eigenvalue weighted by Crippen LogP contribution is -2.60. The highest BCUT2D eigenvalue weighted by Crippen LogP contribution is 2.29. The molecule has 0 unspecified atom stereocenters. The van der Waals surface area contributed by atoms with Gasteiger partial charge < -0.3 is 63.5 Å². The van der Waals surface area contributed by atoms with Gasteiger partial charge in [0.2, 0.25) is 35.4 Å². The number of benzene rings is 2. The summed E-state index contributed by atoms with van der Waals surface area (Å²) >= 11 is 0. The molecule has 0 radical (unpaired) electrons. The van der Waals surface area contributed by atoms with Crippen LogP contribution in [0.15, 0.2) is 60.8 Å². The maximum absolute atomic E-state index is 14.7. The summed E-state index contributed by atoms with van der Waals surface area (Å²) in [5, 5.41) is 47.9. The quantitative estimate of drug-likeness (QED) is 0.0494. The van der Waals surface area contributed by atoms with E-state index in [-0.39, 0.29) is 76.5 Å². The number of hydrogen-bond donors (Lipinski definition) is 13. The van der Waals surface area contributed by atoms with Gasteiger partial charge in [-0.05, 0) is 93.7 Å². The number of fused-ring (bicyclic) bond motifs is 2. The second-order valence-electron chi connectivity index (χ2n) is 18.2. The van der Waals surface area contributed by atoms with E-state index in [1.165, 1.54) is 4.90 Å². The van der Waals surface area contributed by atoms with Crippen molar-refractivity contribution in [2.75, 3.05) is 26.2 Å². The summed E-state index contributed by atoms with van der Waals surface area (Å²) in [6.07, 6.45) is 4.32. The molecular formula is C47H66N12O9. The molecule has 2 saturated heterocycles. The first-order valence-electron chi connectivity index (χ1n) is 23.5. The Labute approximate surface area is 394 Å². The molecule has 2 aliphatic heterocycles. The highest BCUT2D eigenvalue weighted by atomic mass is 16.4. The summed E-state index contributed by atoms with van der Waals surface area (Å²) in [4.78, 5) is 103. The number of nitrogens with one attached hydrogen (secondary N) is 9. The van der Waals surface area contributed by atoms with Crippen LogP contribution in [0.3, 0.4) is 0 Å². The molecule has 3 heterocycles. The Morgan fingerprint density at radius 2 is 1.56 bits per heavy atom. The smallest absolute Gasteiger partial charge is 0.317 e. The number of para-hydroxylation sites is 1. The number of aromatic nitrogens is 1. The maximum atomic E-state index is 14.7. The van der Waals surface area contributed by atoms with Gasteiger partial charge in [-0.2, -0.15) is 0 Å². The Kier molecular flexibility index (Phi) is 18.3. The van der Waals surface area contributed by atoms with Crippen molar-refractivity contribution in [3.05, 3.63) is 71.9 Å². The predicted molar refractivity (Wildman–Crippen MR) is 251 cm³/mol. The molecule has 368 valence electrons. The average Bonchev–Trinajstić information content (AvgIpc) is 3.92. The zero-order valence-corrected chi connectivity index (χ0v) is 38.1. The number of hydrogen-bond acceptors (Lipinski definition) is 11. The summed E-state index contributed by atoms with van der Waals surface area (Å²) in [6.45, 7) is -0.363. The Morgan fingerprint density at radius 1 is 0.868 bits per heavy atom. The van der Waals surface area contributed by atoms with Crippen LogP contribution in [0.5, 0.6) is 0 Å². The van der Waals surface area contributed by atoms with Crippen LogP contribution >= 0.6 is 0 Å². The number of H-pyrrole nitrogens is 1. The van der Waals surface area contributed by atoms with Crippen molar-refractivity contribution in [1.29, 1.82) is 5.41 Å². The van der Waals surface area contributed by atoms with Gasteiger partial charge in [-0.25, -0.2) is 0 Å². The fourth-order valence-electron chi connectivity index (χ4n) is 9.33. The lowest BCUT2D eigenvalue weighted by molar-refractivity contribution is -0.143. The molecule has 3 fully saturated rings. The number of carboxylic acids is 1. The minimum Gasteiger partial charge on any atom is -0.480 e. The first-order chi connectivity index (χ1) is 32.6. The van der Waals surface area contributed by atoms with E-state index < -0.39 is 96.4 Å². The van der Waals surface area contributed by atoms with E-state index in [9.17, 15) is 43.8 Å². The molecule has 2 aromatic carbocycles. The normalized spacial score (nSPS) is 26.0. The number of carbonyl (C=O) groups is 7. The number of nitrogens with two attached hydrogens (primary N) is 2. The number of aliphatic carboxylic acids is 1. The third-order valence-corrected chi connectivity index (χ3v) is 13.0. The van der Waals surface area contributed by atoms with E-state index in [0.717, 1.165) is 22.0 Å². The molecule has 21 heteroatoms. The Hall–Kier alpha value is -6.58. The highest BCUT2D eigenvalue weighted by Gasteiger charge is 2.43. The van der Waals surface area contributed by atoms with Crippen LogP contribution in [0.25, 0.3) is 10.9 Å². The van der Waals surface area contributed by atoms with E-state index in [1.807, 2.05) is 24.3 Å². The summed E-state index contributed by atoms with van der Waals surface area (Å²) in [7, 11) is 0. The third-order valence-electron chi connectivity index (χ3n) is 13.0. The fourth-order valence-corrected chi connectivity index (χ4v) is 9.33. The van der Waals surface area contributed by atoms with E-state index in [0.29, 0.717) is 32.1 Å². The fraction of sp³-hybridized carbons (Fsp3) is 0.532. The maximum Gasteiger partial charge on any atom is 0.317 e. The van der Waals surface area contributed by atoms with Gasteiger partial charge in [-0.15, -0.1) is 0 Å².